The molecule has 0 radical (unpaired) electrons. The van der Waals surface area contributed by atoms with E-state index in [4.69, 9.17) is 0 Å². The summed E-state index contributed by atoms with van der Waals surface area (Å²) in [7, 11) is 2.04. The SMILES string of the molecule is Cc1cc(CN2CCC(c3ccnn3C)CC2)n[nH]1. The fraction of sp³-hybridized carbons (Fsp3) is 0.571. The molecule has 2 aromatic rings. The van der Waals surface area contributed by atoms with E-state index in [1.807, 2.05) is 24.9 Å². The quantitative estimate of drug-likeness (QED) is 0.915. The summed E-state index contributed by atoms with van der Waals surface area (Å²) >= 11 is 0. The van der Waals surface area contributed by atoms with Crippen molar-refractivity contribution in [1.29, 1.82) is 0 Å². The molecule has 3 rings (SSSR count). The number of H-pyrrole nitrogens is 1. The molecular weight excluding hydrogens is 238 g/mol. The number of hydrogen-bond acceptors (Lipinski definition) is 3. The lowest BCUT2D eigenvalue weighted by molar-refractivity contribution is 0.199. The highest BCUT2D eigenvalue weighted by Crippen LogP contribution is 2.27. The smallest absolute Gasteiger partial charge is 0.0765 e. The van der Waals surface area contributed by atoms with E-state index in [2.05, 4.69) is 32.3 Å². The minimum absolute atomic E-state index is 0.657. The van der Waals surface area contributed by atoms with Crippen LogP contribution < -0.4 is 0 Å². The Hall–Kier alpha value is -1.62. The highest BCUT2D eigenvalue weighted by Gasteiger charge is 2.22. The van der Waals surface area contributed by atoms with Crippen LogP contribution in [0.15, 0.2) is 18.3 Å². The molecular formula is C14H21N5. The van der Waals surface area contributed by atoms with Gasteiger partial charge in [0.2, 0.25) is 0 Å². The van der Waals surface area contributed by atoms with Crippen LogP contribution in [0.1, 0.15) is 35.8 Å². The maximum Gasteiger partial charge on any atom is 0.0765 e. The van der Waals surface area contributed by atoms with Crippen molar-refractivity contribution < 1.29 is 0 Å². The Balaban J connectivity index is 1.56. The molecule has 1 fully saturated rings. The standard InChI is InChI=1S/C14H21N5/c1-11-9-13(17-16-11)10-19-7-4-12(5-8-19)14-3-6-15-18(14)2/h3,6,9,12H,4-5,7-8,10H2,1-2H3,(H,16,17). The van der Waals surface area contributed by atoms with Gasteiger partial charge >= 0.3 is 0 Å². The molecule has 0 saturated carbocycles. The summed E-state index contributed by atoms with van der Waals surface area (Å²) in [5, 5.41) is 11.6. The van der Waals surface area contributed by atoms with Gasteiger partial charge in [0.25, 0.3) is 0 Å². The normalized spacial score (nSPS) is 18.0. The van der Waals surface area contributed by atoms with Crippen LogP contribution >= 0.6 is 0 Å². The molecule has 0 amide bonds. The zero-order valence-corrected chi connectivity index (χ0v) is 11.6. The van der Waals surface area contributed by atoms with Crippen molar-refractivity contribution in [2.24, 2.45) is 7.05 Å². The average Bonchev–Trinajstić information content (AvgIpc) is 3.00. The third-order valence-corrected chi connectivity index (χ3v) is 4.01. The molecule has 3 heterocycles. The van der Waals surface area contributed by atoms with Crippen LogP contribution in [-0.4, -0.2) is 38.0 Å². The minimum atomic E-state index is 0.657. The molecule has 1 saturated heterocycles. The second-order valence-electron chi connectivity index (χ2n) is 5.47. The lowest BCUT2D eigenvalue weighted by atomic mass is 9.93. The van der Waals surface area contributed by atoms with Crippen molar-refractivity contribution in [3.8, 4) is 0 Å². The Morgan fingerprint density at radius 2 is 2.16 bits per heavy atom. The highest BCUT2D eigenvalue weighted by atomic mass is 15.3. The molecule has 0 unspecified atom stereocenters. The van der Waals surface area contributed by atoms with E-state index >= 15 is 0 Å². The number of aryl methyl sites for hydroxylation is 2. The van der Waals surface area contributed by atoms with Crippen LogP contribution in [0.3, 0.4) is 0 Å². The largest absolute Gasteiger partial charge is 0.297 e. The maximum absolute atomic E-state index is 4.31. The molecule has 5 heteroatoms. The van der Waals surface area contributed by atoms with Crippen LogP contribution in [-0.2, 0) is 13.6 Å². The van der Waals surface area contributed by atoms with Crippen molar-refractivity contribution in [2.45, 2.75) is 32.2 Å². The third-order valence-electron chi connectivity index (χ3n) is 4.01. The molecule has 2 aromatic heterocycles. The van der Waals surface area contributed by atoms with Gasteiger partial charge in [-0.3, -0.25) is 14.7 Å². The number of nitrogens with one attached hydrogen (secondary N) is 1. The lowest BCUT2D eigenvalue weighted by Gasteiger charge is -2.31. The number of rotatable bonds is 3. The zero-order chi connectivity index (χ0) is 13.2. The molecule has 102 valence electrons. The van der Waals surface area contributed by atoms with Crippen LogP contribution in [0, 0.1) is 6.92 Å². The summed E-state index contributed by atoms with van der Waals surface area (Å²) < 4.78 is 2.01. The van der Waals surface area contributed by atoms with E-state index in [1.165, 1.54) is 18.5 Å². The average molecular weight is 259 g/mol. The van der Waals surface area contributed by atoms with Gasteiger partial charge in [0.05, 0.1) is 5.69 Å². The van der Waals surface area contributed by atoms with Gasteiger partial charge in [-0.05, 0) is 45.0 Å². The highest BCUT2D eigenvalue weighted by molar-refractivity contribution is 5.10. The number of aromatic nitrogens is 4. The first-order valence-electron chi connectivity index (χ1n) is 6.93. The summed E-state index contributed by atoms with van der Waals surface area (Å²) in [6.45, 7) is 5.29. The summed E-state index contributed by atoms with van der Waals surface area (Å²) in [5.74, 6) is 0.657. The lowest BCUT2D eigenvalue weighted by Crippen LogP contribution is -2.33. The molecule has 0 aliphatic carbocycles. The summed E-state index contributed by atoms with van der Waals surface area (Å²) in [4.78, 5) is 2.49. The molecule has 19 heavy (non-hydrogen) atoms. The van der Waals surface area contributed by atoms with Crippen molar-refractivity contribution in [1.82, 2.24) is 24.9 Å². The molecule has 1 N–H and O–H groups in total. The van der Waals surface area contributed by atoms with Gasteiger partial charge in [-0.1, -0.05) is 0 Å². The molecule has 5 nitrogen and oxygen atoms in total. The Morgan fingerprint density at radius 3 is 2.74 bits per heavy atom. The monoisotopic (exact) mass is 259 g/mol. The molecule has 0 aromatic carbocycles. The van der Waals surface area contributed by atoms with Crippen molar-refractivity contribution in [3.63, 3.8) is 0 Å². The van der Waals surface area contributed by atoms with Crippen LogP contribution in [0.25, 0.3) is 0 Å². The number of aromatic amines is 1. The first-order valence-corrected chi connectivity index (χ1v) is 6.93. The van der Waals surface area contributed by atoms with Gasteiger partial charge in [0.1, 0.15) is 0 Å². The second kappa shape index (κ2) is 5.17. The van der Waals surface area contributed by atoms with Gasteiger partial charge < -0.3 is 0 Å². The number of piperidine rings is 1. The van der Waals surface area contributed by atoms with E-state index in [0.717, 1.165) is 31.0 Å². The molecule has 1 aliphatic rings. The fourth-order valence-electron chi connectivity index (χ4n) is 2.96. The van der Waals surface area contributed by atoms with E-state index < -0.39 is 0 Å². The van der Waals surface area contributed by atoms with Crippen LogP contribution in [0.5, 0.6) is 0 Å². The van der Waals surface area contributed by atoms with E-state index in [-0.39, 0.29) is 0 Å². The van der Waals surface area contributed by atoms with Crippen LogP contribution in [0.2, 0.25) is 0 Å². The predicted molar refractivity (Wildman–Crippen MR) is 73.8 cm³/mol. The maximum atomic E-state index is 4.31. The minimum Gasteiger partial charge on any atom is -0.297 e. The third kappa shape index (κ3) is 2.71. The first-order chi connectivity index (χ1) is 9.22. The molecule has 0 spiro atoms. The van der Waals surface area contributed by atoms with E-state index in [1.54, 1.807) is 0 Å². The molecule has 0 atom stereocenters. The number of hydrogen-bond donors (Lipinski definition) is 1. The molecule has 0 bridgehead atoms. The first kappa shape index (κ1) is 12.4. The predicted octanol–water partition coefficient (Wildman–Crippen LogP) is 1.83. The summed E-state index contributed by atoms with van der Waals surface area (Å²) in [5.41, 5.74) is 3.66. The van der Waals surface area contributed by atoms with Gasteiger partial charge in [-0.2, -0.15) is 10.2 Å². The van der Waals surface area contributed by atoms with Gasteiger partial charge in [0.15, 0.2) is 0 Å². The Morgan fingerprint density at radius 1 is 1.37 bits per heavy atom. The van der Waals surface area contributed by atoms with Crippen LogP contribution in [0.4, 0.5) is 0 Å². The zero-order valence-electron chi connectivity index (χ0n) is 11.6. The second-order valence-corrected chi connectivity index (χ2v) is 5.47. The van der Waals surface area contributed by atoms with E-state index in [0.29, 0.717) is 5.92 Å². The Bertz CT molecular complexity index is 534. The van der Waals surface area contributed by atoms with Gasteiger partial charge in [-0.15, -0.1) is 0 Å². The number of nitrogens with zero attached hydrogens (tertiary/aromatic N) is 4. The van der Waals surface area contributed by atoms with E-state index in [9.17, 15) is 0 Å². The summed E-state index contributed by atoms with van der Waals surface area (Å²) in [6.07, 6.45) is 4.32. The molecule has 1 aliphatic heterocycles. The topological polar surface area (TPSA) is 49.7 Å². The van der Waals surface area contributed by atoms with Gasteiger partial charge in [-0.25, -0.2) is 0 Å². The Kier molecular flexibility index (Phi) is 3.38. The van der Waals surface area contributed by atoms with Crippen molar-refractivity contribution in [2.75, 3.05) is 13.1 Å². The number of likely N-dealkylation sites (tertiary alicyclic amines) is 1. The Labute approximate surface area is 113 Å². The fourth-order valence-corrected chi connectivity index (χ4v) is 2.96. The van der Waals surface area contributed by atoms with Crippen molar-refractivity contribution >= 4 is 0 Å². The summed E-state index contributed by atoms with van der Waals surface area (Å²) in [6, 6.07) is 4.28. The van der Waals surface area contributed by atoms with Gasteiger partial charge in [0, 0.05) is 37.1 Å². The van der Waals surface area contributed by atoms with Crippen molar-refractivity contribution in [3.05, 3.63) is 35.4 Å².